The van der Waals surface area contributed by atoms with Crippen molar-refractivity contribution in [2.45, 2.75) is 6.42 Å². The zero-order valence-corrected chi connectivity index (χ0v) is 10.3. The van der Waals surface area contributed by atoms with Crippen LogP contribution in [-0.2, 0) is 6.42 Å². The van der Waals surface area contributed by atoms with Crippen molar-refractivity contribution in [1.82, 2.24) is 0 Å². The second kappa shape index (κ2) is 4.39. The van der Waals surface area contributed by atoms with Crippen LogP contribution in [0.15, 0.2) is 42.5 Å². The molecule has 2 aromatic carbocycles. The SMILES string of the molecule is Nc1ccc2c(c1)N(C(=O)c1ccccc1F)CC2. The maximum atomic E-state index is 13.7. The molecule has 3 nitrogen and oxygen atoms in total. The first-order chi connectivity index (χ1) is 9.16. The number of hydrogen-bond donors (Lipinski definition) is 1. The number of halogens is 1. The van der Waals surface area contributed by atoms with Gasteiger partial charge in [0.1, 0.15) is 5.82 Å². The number of nitrogens with two attached hydrogens (primary N) is 1. The van der Waals surface area contributed by atoms with Crippen molar-refractivity contribution in [2.75, 3.05) is 17.2 Å². The Balaban J connectivity index is 2.00. The van der Waals surface area contributed by atoms with E-state index < -0.39 is 5.82 Å². The number of nitrogens with zero attached hydrogens (tertiary/aromatic N) is 1. The van der Waals surface area contributed by atoms with E-state index in [0.29, 0.717) is 12.2 Å². The fourth-order valence-corrected chi connectivity index (χ4v) is 2.39. The first-order valence-electron chi connectivity index (χ1n) is 6.11. The Hall–Kier alpha value is -2.36. The van der Waals surface area contributed by atoms with Gasteiger partial charge in [-0.25, -0.2) is 4.39 Å². The normalized spacial score (nSPS) is 13.4. The molecule has 0 saturated carbocycles. The maximum Gasteiger partial charge on any atom is 0.261 e. The number of fused-ring (bicyclic) bond motifs is 1. The summed E-state index contributed by atoms with van der Waals surface area (Å²) >= 11 is 0. The van der Waals surface area contributed by atoms with Gasteiger partial charge in [-0.3, -0.25) is 4.79 Å². The van der Waals surface area contributed by atoms with Gasteiger partial charge in [-0.1, -0.05) is 18.2 Å². The van der Waals surface area contributed by atoms with E-state index in [2.05, 4.69) is 0 Å². The first-order valence-corrected chi connectivity index (χ1v) is 6.11. The molecule has 0 aliphatic carbocycles. The lowest BCUT2D eigenvalue weighted by atomic mass is 10.1. The summed E-state index contributed by atoms with van der Waals surface area (Å²) in [5.74, 6) is -0.813. The van der Waals surface area contributed by atoms with Gasteiger partial charge in [-0.2, -0.15) is 0 Å². The van der Waals surface area contributed by atoms with E-state index in [0.717, 1.165) is 17.7 Å². The third-order valence-corrected chi connectivity index (χ3v) is 3.35. The van der Waals surface area contributed by atoms with Crippen LogP contribution in [-0.4, -0.2) is 12.5 Å². The van der Waals surface area contributed by atoms with Gasteiger partial charge in [0.25, 0.3) is 5.91 Å². The fraction of sp³-hybridized carbons (Fsp3) is 0.133. The predicted octanol–water partition coefficient (Wildman–Crippen LogP) is 2.61. The van der Waals surface area contributed by atoms with E-state index in [4.69, 9.17) is 5.73 Å². The van der Waals surface area contributed by atoms with Crippen LogP contribution in [0.25, 0.3) is 0 Å². The summed E-state index contributed by atoms with van der Waals surface area (Å²) in [6.07, 6.45) is 0.774. The van der Waals surface area contributed by atoms with Crippen LogP contribution >= 0.6 is 0 Å². The molecule has 0 atom stereocenters. The molecule has 0 bridgehead atoms. The Morgan fingerprint density at radius 2 is 2.00 bits per heavy atom. The standard InChI is InChI=1S/C15H13FN2O/c16-13-4-2-1-3-12(13)15(19)18-8-7-10-5-6-11(17)9-14(10)18/h1-6,9H,7-8,17H2. The summed E-state index contributed by atoms with van der Waals surface area (Å²) in [7, 11) is 0. The number of nitrogen functional groups attached to an aromatic ring is 1. The zero-order chi connectivity index (χ0) is 13.4. The summed E-state index contributed by atoms with van der Waals surface area (Å²) in [4.78, 5) is 14.0. The van der Waals surface area contributed by atoms with Gasteiger partial charge in [0, 0.05) is 17.9 Å². The zero-order valence-electron chi connectivity index (χ0n) is 10.3. The summed E-state index contributed by atoms with van der Waals surface area (Å²) in [6.45, 7) is 0.561. The van der Waals surface area contributed by atoms with Crippen molar-refractivity contribution in [1.29, 1.82) is 0 Å². The molecule has 1 heterocycles. The molecule has 19 heavy (non-hydrogen) atoms. The second-order valence-corrected chi connectivity index (χ2v) is 4.57. The summed E-state index contributed by atoms with van der Waals surface area (Å²) in [6, 6.07) is 11.5. The van der Waals surface area contributed by atoms with Crippen molar-refractivity contribution in [3.05, 3.63) is 59.4 Å². The van der Waals surface area contributed by atoms with Gasteiger partial charge in [0.05, 0.1) is 5.56 Å². The average molecular weight is 256 g/mol. The highest BCUT2D eigenvalue weighted by Gasteiger charge is 2.27. The number of anilines is 2. The molecule has 0 fully saturated rings. The quantitative estimate of drug-likeness (QED) is 0.797. The lowest BCUT2D eigenvalue weighted by Crippen LogP contribution is -2.29. The van der Waals surface area contributed by atoms with Crippen LogP contribution in [0.3, 0.4) is 0 Å². The molecule has 1 amide bonds. The Morgan fingerprint density at radius 1 is 1.21 bits per heavy atom. The van der Waals surface area contributed by atoms with E-state index in [9.17, 15) is 9.18 Å². The number of benzene rings is 2. The number of carbonyl (C=O) groups is 1. The first kappa shape index (κ1) is 11.7. The minimum absolute atomic E-state index is 0.0952. The third kappa shape index (κ3) is 1.95. The van der Waals surface area contributed by atoms with E-state index in [1.807, 2.05) is 12.1 Å². The van der Waals surface area contributed by atoms with Gasteiger partial charge in [0.15, 0.2) is 0 Å². The van der Waals surface area contributed by atoms with E-state index in [1.54, 1.807) is 23.1 Å². The van der Waals surface area contributed by atoms with Crippen LogP contribution in [0, 0.1) is 5.82 Å². The maximum absolute atomic E-state index is 13.7. The van der Waals surface area contributed by atoms with Crippen molar-refractivity contribution in [3.63, 3.8) is 0 Å². The molecule has 0 saturated heterocycles. The van der Waals surface area contributed by atoms with Crippen LogP contribution in [0.4, 0.5) is 15.8 Å². The minimum Gasteiger partial charge on any atom is -0.399 e. The Morgan fingerprint density at radius 3 is 2.79 bits per heavy atom. The van der Waals surface area contributed by atoms with Crippen molar-refractivity contribution < 1.29 is 9.18 Å². The van der Waals surface area contributed by atoms with E-state index in [1.165, 1.54) is 12.1 Å². The number of carbonyl (C=O) groups excluding carboxylic acids is 1. The molecule has 1 aliphatic rings. The lowest BCUT2D eigenvalue weighted by Gasteiger charge is -2.18. The van der Waals surface area contributed by atoms with Gasteiger partial charge >= 0.3 is 0 Å². The van der Waals surface area contributed by atoms with Crippen molar-refractivity contribution in [3.8, 4) is 0 Å². The molecule has 2 N–H and O–H groups in total. The van der Waals surface area contributed by atoms with Gasteiger partial charge < -0.3 is 10.6 Å². The highest BCUT2D eigenvalue weighted by Crippen LogP contribution is 2.31. The summed E-state index contributed by atoms with van der Waals surface area (Å²) in [5, 5.41) is 0. The second-order valence-electron chi connectivity index (χ2n) is 4.57. The number of rotatable bonds is 1. The van der Waals surface area contributed by atoms with Gasteiger partial charge in [-0.15, -0.1) is 0 Å². The lowest BCUT2D eigenvalue weighted by molar-refractivity contribution is 0.0985. The summed E-state index contributed by atoms with van der Waals surface area (Å²) < 4.78 is 13.7. The molecule has 0 spiro atoms. The van der Waals surface area contributed by atoms with Gasteiger partial charge in [0.2, 0.25) is 0 Å². The molecule has 3 rings (SSSR count). The largest absolute Gasteiger partial charge is 0.399 e. The predicted molar refractivity (Wildman–Crippen MR) is 72.6 cm³/mol. The number of hydrogen-bond acceptors (Lipinski definition) is 2. The van der Waals surface area contributed by atoms with Crippen LogP contribution in [0.2, 0.25) is 0 Å². The van der Waals surface area contributed by atoms with Crippen molar-refractivity contribution in [2.24, 2.45) is 0 Å². The highest BCUT2D eigenvalue weighted by molar-refractivity contribution is 6.07. The third-order valence-electron chi connectivity index (χ3n) is 3.35. The Bertz CT molecular complexity index is 654. The smallest absolute Gasteiger partial charge is 0.261 e. The molecule has 4 heteroatoms. The van der Waals surface area contributed by atoms with Crippen molar-refractivity contribution >= 4 is 17.3 Å². The topological polar surface area (TPSA) is 46.3 Å². The Kier molecular flexibility index (Phi) is 2.71. The molecule has 96 valence electrons. The highest BCUT2D eigenvalue weighted by atomic mass is 19.1. The number of amides is 1. The molecule has 0 aromatic heterocycles. The Labute approximate surface area is 110 Å². The molecular formula is C15H13FN2O. The van der Waals surface area contributed by atoms with E-state index in [-0.39, 0.29) is 11.5 Å². The molecular weight excluding hydrogens is 243 g/mol. The molecule has 2 aromatic rings. The van der Waals surface area contributed by atoms with Gasteiger partial charge in [-0.05, 0) is 36.2 Å². The van der Waals surface area contributed by atoms with Crippen LogP contribution < -0.4 is 10.6 Å². The monoisotopic (exact) mass is 256 g/mol. The molecule has 0 unspecified atom stereocenters. The molecule has 0 radical (unpaired) electrons. The molecule has 1 aliphatic heterocycles. The van der Waals surface area contributed by atoms with Crippen LogP contribution in [0.1, 0.15) is 15.9 Å². The van der Waals surface area contributed by atoms with E-state index >= 15 is 0 Å². The fourth-order valence-electron chi connectivity index (χ4n) is 2.39. The minimum atomic E-state index is -0.496. The average Bonchev–Trinajstić information content (AvgIpc) is 2.81. The van der Waals surface area contributed by atoms with Crippen LogP contribution in [0.5, 0.6) is 0 Å². The summed E-state index contributed by atoms with van der Waals surface area (Å²) in [5.41, 5.74) is 8.30.